The van der Waals surface area contributed by atoms with Crippen molar-refractivity contribution in [3.05, 3.63) is 57.5 Å². The zero-order valence-electron chi connectivity index (χ0n) is 11.2. The van der Waals surface area contributed by atoms with Gasteiger partial charge < -0.3 is 10.3 Å². The molecule has 0 saturated carbocycles. The Morgan fingerprint density at radius 2 is 1.86 bits per heavy atom. The third-order valence-corrected chi connectivity index (χ3v) is 4.56. The molecule has 0 unspecified atom stereocenters. The number of hydrogen-bond acceptors (Lipinski definition) is 3. The van der Waals surface area contributed by atoms with E-state index in [0.717, 1.165) is 21.2 Å². The molecule has 1 aromatic heterocycles. The fourth-order valence-corrected chi connectivity index (χ4v) is 2.75. The molecule has 0 atom stereocenters. The minimum atomic E-state index is 0.282. The molecule has 3 aromatic rings. The lowest BCUT2D eigenvalue weighted by Crippen LogP contribution is -1.89. The van der Waals surface area contributed by atoms with Crippen LogP contribution >= 0.6 is 27.5 Å². The lowest BCUT2D eigenvalue weighted by Gasteiger charge is -2.06. The Bertz CT molecular complexity index is 797. The maximum absolute atomic E-state index is 6.35. The van der Waals surface area contributed by atoms with Crippen LogP contribution in [0.2, 0.25) is 5.02 Å². The van der Waals surface area contributed by atoms with E-state index in [1.54, 1.807) is 0 Å². The number of benzene rings is 2. The molecule has 0 spiro atoms. The fourth-order valence-electron chi connectivity index (χ4n) is 2.17. The lowest BCUT2D eigenvalue weighted by molar-refractivity contribution is 0.439. The monoisotopic (exact) mass is 362 g/mol. The van der Waals surface area contributed by atoms with Crippen LogP contribution in [0.5, 0.6) is 0 Å². The van der Waals surface area contributed by atoms with Gasteiger partial charge in [0, 0.05) is 10.0 Å². The molecule has 2 N–H and O–H groups in total. The fraction of sp³-hybridized carbons (Fsp3) is 0.0625. The summed E-state index contributed by atoms with van der Waals surface area (Å²) < 4.78 is 5.99. The van der Waals surface area contributed by atoms with Crippen LogP contribution in [0.3, 0.4) is 0 Å². The molecule has 0 aliphatic rings. The zero-order chi connectivity index (χ0) is 15.0. The van der Waals surface area contributed by atoms with Crippen LogP contribution in [0.15, 0.2) is 51.5 Å². The highest BCUT2D eigenvalue weighted by atomic mass is 79.9. The second-order valence-corrected chi connectivity index (χ2v) is 5.97. The van der Waals surface area contributed by atoms with E-state index in [-0.39, 0.29) is 5.88 Å². The van der Waals surface area contributed by atoms with Crippen LogP contribution in [0.25, 0.3) is 22.4 Å². The molecular weight excluding hydrogens is 352 g/mol. The topological polar surface area (TPSA) is 52.0 Å². The summed E-state index contributed by atoms with van der Waals surface area (Å²) in [6, 6.07) is 13.7. The number of halogens is 2. The predicted molar refractivity (Wildman–Crippen MR) is 89.2 cm³/mol. The van der Waals surface area contributed by atoms with Crippen molar-refractivity contribution >= 4 is 33.4 Å². The Labute approximate surface area is 135 Å². The summed E-state index contributed by atoms with van der Waals surface area (Å²) in [7, 11) is 0. The smallest absolute Gasteiger partial charge is 0.230 e. The number of nitrogen functional groups attached to an aromatic ring is 1. The summed E-state index contributed by atoms with van der Waals surface area (Å²) in [5.74, 6) is 0.282. The van der Waals surface area contributed by atoms with Crippen LogP contribution in [0, 0.1) is 6.92 Å². The molecule has 21 heavy (non-hydrogen) atoms. The maximum Gasteiger partial charge on any atom is 0.230 e. The molecular formula is C16H12BrClN2O. The van der Waals surface area contributed by atoms with Gasteiger partial charge in [0.15, 0.2) is 0 Å². The number of rotatable bonds is 2. The summed E-state index contributed by atoms with van der Waals surface area (Å²) in [6.45, 7) is 2.03. The highest BCUT2D eigenvalue weighted by molar-refractivity contribution is 9.10. The molecule has 0 amide bonds. The van der Waals surface area contributed by atoms with E-state index in [2.05, 4.69) is 21.1 Å². The Morgan fingerprint density at radius 1 is 1.14 bits per heavy atom. The van der Waals surface area contributed by atoms with Crippen molar-refractivity contribution in [2.75, 3.05) is 5.73 Å². The van der Waals surface area contributed by atoms with E-state index in [4.69, 9.17) is 21.9 Å². The molecule has 0 fully saturated rings. The van der Waals surface area contributed by atoms with Gasteiger partial charge in [-0.25, -0.2) is 0 Å². The van der Waals surface area contributed by atoms with E-state index >= 15 is 0 Å². The maximum atomic E-state index is 6.35. The number of nitrogens with two attached hydrogens (primary N) is 1. The van der Waals surface area contributed by atoms with Gasteiger partial charge in [0.05, 0.1) is 10.6 Å². The van der Waals surface area contributed by atoms with Crippen LogP contribution in [0.1, 0.15) is 5.56 Å². The normalized spacial score (nSPS) is 10.8. The molecule has 0 bridgehead atoms. The first-order valence-electron chi connectivity index (χ1n) is 6.34. The standard InChI is InChI=1S/C16H12BrClN2O/c1-9-5-7-10(8-6-9)13-15(20-21-16(13)19)11-3-2-4-12(17)14(11)18/h2-8H,19H2,1H3. The second kappa shape index (κ2) is 5.54. The third-order valence-electron chi connectivity index (χ3n) is 3.27. The van der Waals surface area contributed by atoms with E-state index in [9.17, 15) is 0 Å². The van der Waals surface area contributed by atoms with Gasteiger partial charge in [-0.1, -0.05) is 58.7 Å². The summed E-state index contributed by atoms with van der Waals surface area (Å²) in [4.78, 5) is 0. The van der Waals surface area contributed by atoms with Crippen LogP contribution in [-0.4, -0.2) is 5.16 Å². The average molecular weight is 364 g/mol. The highest BCUT2D eigenvalue weighted by Crippen LogP contribution is 2.40. The van der Waals surface area contributed by atoms with Gasteiger partial charge in [-0.2, -0.15) is 0 Å². The molecule has 0 radical (unpaired) electrons. The molecule has 106 valence electrons. The molecule has 3 nitrogen and oxygen atoms in total. The number of aromatic nitrogens is 1. The van der Waals surface area contributed by atoms with Crippen molar-refractivity contribution < 1.29 is 4.52 Å². The van der Waals surface area contributed by atoms with Crippen molar-refractivity contribution in [3.63, 3.8) is 0 Å². The van der Waals surface area contributed by atoms with E-state index in [1.165, 1.54) is 5.56 Å². The number of nitrogens with zero attached hydrogens (tertiary/aromatic N) is 1. The summed E-state index contributed by atoms with van der Waals surface area (Å²) in [5.41, 5.74) is 10.3. The van der Waals surface area contributed by atoms with E-state index in [1.807, 2.05) is 49.4 Å². The Hall–Kier alpha value is -1.78. The van der Waals surface area contributed by atoms with Gasteiger partial charge in [0.25, 0.3) is 0 Å². The molecule has 0 aliphatic carbocycles. The Morgan fingerprint density at radius 3 is 2.57 bits per heavy atom. The number of aryl methyl sites for hydroxylation is 1. The van der Waals surface area contributed by atoms with Crippen molar-refractivity contribution in [1.29, 1.82) is 0 Å². The minimum Gasteiger partial charge on any atom is -0.367 e. The highest BCUT2D eigenvalue weighted by Gasteiger charge is 2.20. The van der Waals surface area contributed by atoms with Crippen molar-refractivity contribution in [1.82, 2.24) is 5.16 Å². The molecule has 3 rings (SSSR count). The SMILES string of the molecule is Cc1ccc(-c2c(-c3cccc(Br)c3Cl)noc2N)cc1. The zero-order valence-corrected chi connectivity index (χ0v) is 13.6. The van der Waals surface area contributed by atoms with E-state index in [0.29, 0.717) is 10.7 Å². The minimum absolute atomic E-state index is 0.282. The Kier molecular flexibility index (Phi) is 3.74. The molecule has 0 saturated heterocycles. The van der Waals surface area contributed by atoms with Crippen LogP contribution in [0.4, 0.5) is 5.88 Å². The average Bonchev–Trinajstić information content (AvgIpc) is 2.85. The van der Waals surface area contributed by atoms with E-state index < -0.39 is 0 Å². The lowest BCUT2D eigenvalue weighted by atomic mass is 10.00. The van der Waals surface area contributed by atoms with Crippen molar-refractivity contribution in [2.45, 2.75) is 6.92 Å². The first-order chi connectivity index (χ1) is 10.1. The largest absolute Gasteiger partial charge is 0.367 e. The number of hydrogen-bond donors (Lipinski definition) is 1. The first kappa shape index (κ1) is 14.2. The Balaban J connectivity index is 2.22. The first-order valence-corrected chi connectivity index (χ1v) is 7.51. The van der Waals surface area contributed by atoms with Gasteiger partial charge in [0.2, 0.25) is 5.88 Å². The quantitative estimate of drug-likeness (QED) is 0.671. The van der Waals surface area contributed by atoms with Gasteiger partial charge >= 0.3 is 0 Å². The van der Waals surface area contributed by atoms with Gasteiger partial charge in [-0.15, -0.1) is 0 Å². The predicted octanol–water partition coefficient (Wildman–Crippen LogP) is 5.32. The molecule has 0 aliphatic heterocycles. The van der Waals surface area contributed by atoms with Gasteiger partial charge in [-0.3, -0.25) is 0 Å². The number of anilines is 1. The van der Waals surface area contributed by atoms with Crippen LogP contribution in [-0.2, 0) is 0 Å². The molecule has 1 heterocycles. The molecule has 2 aromatic carbocycles. The third kappa shape index (κ3) is 2.57. The summed E-state index contributed by atoms with van der Waals surface area (Å²) in [6.07, 6.45) is 0. The summed E-state index contributed by atoms with van der Waals surface area (Å²) >= 11 is 9.77. The van der Waals surface area contributed by atoms with Gasteiger partial charge in [0.1, 0.15) is 5.69 Å². The van der Waals surface area contributed by atoms with Crippen molar-refractivity contribution in [3.8, 4) is 22.4 Å². The van der Waals surface area contributed by atoms with Crippen LogP contribution < -0.4 is 5.73 Å². The van der Waals surface area contributed by atoms with Crippen molar-refractivity contribution in [2.24, 2.45) is 0 Å². The second-order valence-electron chi connectivity index (χ2n) is 4.74. The molecule has 5 heteroatoms. The van der Waals surface area contributed by atoms with Gasteiger partial charge in [-0.05, 0) is 34.5 Å². The summed E-state index contributed by atoms with van der Waals surface area (Å²) in [5, 5.41) is 4.66.